The lowest BCUT2D eigenvalue weighted by atomic mass is 10.1. The monoisotopic (exact) mass is 331 g/mol. The van der Waals surface area contributed by atoms with E-state index in [1.165, 1.54) is 5.56 Å². The van der Waals surface area contributed by atoms with Crippen molar-refractivity contribution in [3.8, 4) is 0 Å². The van der Waals surface area contributed by atoms with Crippen LogP contribution in [-0.2, 0) is 6.42 Å². The van der Waals surface area contributed by atoms with Gasteiger partial charge in [-0.2, -0.15) is 0 Å². The van der Waals surface area contributed by atoms with E-state index >= 15 is 0 Å². The van der Waals surface area contributed by atoms with E-state index in [4.69, 9.17) is 40.5 Å². The second-order valence-corrected chi connectivity index (χ2v) is 6.33. The zero-order chi connectivity index (χ0) is 13.8. The third-order valence-corrected chi connectivity index (χ3v) is 4.63. The highest BCUT2D eigenvalue weighted by molar-refractivity contribution is 7.99. The molecule has 0 unspecified atom stereocenters. The molecule has 0 amide bonds. The largest absolute Gasteiger partial charge is 0.330 e. The molecule has 19 heavy (non-hydrogen) atoms. The van der Waals surface area contributed by atoms with Crippen LogP contribution in [-0.4, -0.2) is 6.54 Å². The third kappa shape index (κ3) is 4.04. The highest BCUT2D eigenvalue weighted by Crippen LogP contribution is 2.35. The summed E-state index contributed by atoms with van der Waals surface area (Å²) in [6, 6.07) is 11.4. The number of hydrogen-bond acceptors (Lipinski definition) is 2. The van der Waals surface area contributed by atoms with Gasteiger partial charge in [0.05, 0.1) is 10.0 Å². The van der Waals surface area contributed by atoms with Gasteiger partial charge in [-0.05, 0) is 48.9 Å². The Kier molecular flexibility index (Phi) is 5.43. The summed E-state index contributed by atoms with van der Waals surface area (Å²) in [6.07, 6.45) is 0.820. The quantitative estimate of drug-likeness (QED) is 0.822. The molecular weight excluding hydrogens is 321 g/mol. The van der Waals surface area contributed by atoms with Gasteiger partial charge in [-0.1, -0.05) is 52.6 Å². The van der Waals surface area contributed by atoms with Crippen molar-refractivity contribution in [3.63, 3.8) is 0 Å². The molecule has 0 saturated heterocycles. The minimum atomic E-state index is 0.550. The molecule has 0 fully saturated rings. The Labute approximate surface area is 132 Å². The smallest absolute Gasteiger partial charge is 0.0603 e. The van der Waals surface area contributed by atoms with Crippen molar-refractivity contribution >= 4 is 46.6 Å². The molecule has 0 bridgehead atoms. The van der Waals surface area contributed by atoms with Gasteiger partial charge in [0, 0.05) is 14.8 Å². The van der Waals surface area contributed by atoms with Crippen LogP contribution in [0.4, 0.5) is 0 Å². The van der Waals surface area contributed by atoms with Gasteiger partial charge in [0.1, 0.15) is 0 Å². The third-order valence-electron chi connectivity index (χ3n) is 2.56. The van der Waals surface area contributed by atoms with Crippen LogP contribution in [0.2, 0.25) is 15.1 Å². The molecule has 5 heteroatoms. The maximum absolute atomic E-state index is 6.05. The van der Waals surface area contributed by atoms with E-state index in [-0.39, 0.29) is 0 Å². The highest BCUT2D eigenvalue weighted by Gasteiger charge is 2.07. The molecule has 0 aliphatic rings. The molecule has 0 heterocycles. The second kappa shape index (κ2) is 6.87. The second-order valence-electron chi connectivity index (χ2n) is 3.97. The first kappa shape index (κ1) is 15.0. The number of hydrogen-bond donors (Lipinski definition) is 1. The van der Waals surface area contributed by atoms with Crippen molar-refractivity contribution in [3.05, 3.63) is 57.0 Å². The fraction of sp³-hybridized carbons (Fsp3) is 0.143. The Morgan fingerprint density at radius 1 is 0.947 bits per heavy atom. The molecule has 0 saturated carbocycles. The van der Waals surface area contributed by atoms with Crippen LogP contribution in [0.25, 0.3) is 0 Å². The summed E-state index contributed by atoms with van der Waals surface area (Å²) in [5.41, 5.74) is 6.81. The van der Waals surface area contributed by atoms with Crippen LogP contribution in [0.3, 0.4) is 0 Å². The van der Waals surface area contributed by atoms with E-state index in [1.807, 2.05) is 30.3 Å². The standard InChI is InChI=1S/C14H12Cl3NS/c15-10-2-1-9(5-6-18)14(7-10)19-11-3-4-12(16)13(17)8-11/h1-4,7-8H,5-6,18H2. The van der Waals surface area contributed by atoms with E-state index in [2.05, 4.69) is 0 Å². The normalized spacial score (nSPS) is 10.7. The lowest BCUT2D eigenvalue weighted by Crippen LogP contribution is -2.03. The van der Waals surface area contributed by atoms with Gasteiger partial charge in [-0.3, -0.25) is 0 Å². The summed E-state index contributed by atoms with van der Waals surface area (Å²) in [6.45, 7) is 0.608. The lowest BCUT2D eigenvalue weighted by Gasteiger charge is -2.09. The molecule has 1 nitrogen and oxygen atoms in total. The van der Waals surface area contributed by atoms with Crippen LogP contribution in [0.5, 0.6) is 0 Å². The average molecular weight is 333 g/mol. The van der Waals surface area contributed by atoms with E-state index < -0.39 is 0 Å². The van der Waals surface area contributed by atoms with Crippen LogP contribution in [0.1, 0.15) is 5.56 Å². The summed E-state index contributed by atoms with van der Waals surface area (Å²) >= 11 is 19.6. The Hall–Kier alpha value is -0.380. The van der Waals surface area contributed by atoms with Crippen molar-refractivity contribution in [1.82, 2.24) is 0 Å². The molecule has 0 aromatic heterocycles. The van der Waals surface area contributed by atoms with Crippen molar-refractivity contribution in [2.45, 2.75) is 16.2 Å². The number of rotatable bonds is 4. The average Bonchev–Trinajstić information content (AvgIpc) is 2.37. The molecule has 0 aliphatic carbocycles. The predicted octanol–water partition coefficient (Wildman–Crippen LogP) is 5.30. The van der Waals surface area contributed by atoms with Crippen molar-refractivity contribution in [2.75, 3.05) is 6.54 Å². The maximum atomic E-state index is 6.05. The zero-order valence-corrected chi connectivity index (χ0v) is 13.1. The van der Waals surface area contributed by atoms with E-state index in [0.717, 1.165) is 16.2 Å². The molecule has 0 radical (unpaired) electrons. The topological polar surface area (TPSA) is 26.0 Å². The number of benzene rings is 2. The first-order valence-corrected chi connectivity index (χ1v) is 7.66. The number of halogens is 3. The van der Waals surface area contributed by atoms with Gasteiger partial charge in [0.25, 0.3) is 0 Å². The van der Waals surface area contributed by atoms with Gasteiger partial charge in [-0.15, -0.1) is 0 Å². The SMILES string of the molecule is NCCc1ccc(Cl)cc1Sc1ccc(Cl)c(Cl)c1. The summed E-state index contributed by atoms with van der Waals surface area (Å²) in [5.74, 6) is 0. The molecule has 0 spiro atoms. The minimum absolute atomic E-state index is 0.550. The Balaban J connectivity index is 2.30. The van der Waals surface area contributed by atoms with E-state index in [9.17, 15) is 0 Å². The maximum Gasteiger partial charge on any atom is 0.0603 e. The van der Waals surface area contributed by atoms with Gasteiger partial charge in [0.2, 0.25) is 0 Å². The van der Waals surface area contributed by atoms with E-state index in [1.54, 1.807) is 17.8 Å². The van der Waals surface area contributed by atoms with Crippen LogP contribution < -0.4 is 5.73 Å². The van der Waals surface area contributed by atoms with Crippen LogP contribution in [0.15, 0.2) is 46.2 Å². The Morgan fingerprint density at radius 3 is 2.42 bits per heavy atom. The molecule has 2 N–H and O–H groups in total. The first-order valence-electron chi connectivity index (χ1n) is 5.71. The molecule has 0 aliphatic heterocycles. The Bertz CT molecular complexity index is 587. The van der Waals surface area contributed by atoms with Gasteiger partial charge < -0.3 is 5.73 Å². The molecular formula is C14H12Cl3NS. The molecule has 2 aromatic carbocycles. The highest BCUT2D eigenvalue weighted by atomic mass is 35.5. The Morgan fingerprint density at radius 2 is 1.74 bits per heavy atom. The minimum Gasteiger partial charge on any atom is -0.330 e. The molecule has 2 aromatic rings. The molecule has 2 rings (SSSR count). The number of nitrogens with two attached hydrogens (primary N) is 1. The predicted molar refractivity (Wildman–Crippen MR) is 84.8 cm³/mol. The van der Waals surface area contributed by atoms with E-state index in [0.29, 0.717) is 21.6 Å². The summed E-state index contributed by atoms with van der Waals surface area (Å²) < 4.78 is 0. The summed E-state index contributed by atoms with van der Waals surface area (Å²) in [5, 5.41) is 1.82. The van der Waals surface area contributed by atoms with Crippen LogP contribution in [0, 0.1) is 0 Å². The summed E-state index contributed by atoms with van der Waals surface area (Å²) in [4.78, 5) is 2.12. The van der Waals surface area contributed by atoms with Crippen molar-refractivity contribution < 1.29 is 0 Å². The van der Waals surface area contributed by atoms with Crippen LogP contribution >= 0.6 is 46.6 Å². The van der Waals surface area contributed by atoms with Crippen molar-refractivity contribution in [2.24, 2.45) is 5.73 Å². The fourth-order valence-corrected chi connectivity index (χ4v) is 3.31. The fourth-order valence-electron chi connectivity index (χ4n) is 1.65. The zero-order valence-electron chi connectivity index (χ0n) is 10.00. The lowest BCUT2D eigenvalue weighted by molar-refractivity contribution is 0.944. The molecule has 100 valence electrons. The van der Waals surface area contributed by atoms with Gasteiger partial charge in [-0.25, -0.2) is 0 Å². The van der Waals surface area contributed by atoms with Gasteiger partial charge in [0.15, 0.2) is 0 Å². The molecule has 0 atom stereocenters. The van der Waals surface area contributed by atoms with Crippen molar-refractivity contribution in [1.29, 1.82) is 0 Å². The van der Waals surface area contributed by atoms with Gasteiger partial charge >= 0.3 is 0 Å². The summed E-state index contributed by atoms with van der Waals surface area (Å²) in [7, 11) is 0. The first-order chi connectivity index (χ1) is 9.10.